The molecule has 0 saturated carbocycles. The molecule has 3 rings (SSSR count). The van der Waals surface area contributed by atoms with Gasteiger partial charge in [-0.25, -0.2) is 4.98 Å². The molecule has 0 aliphatic carbocycles. The highest BCUT2D eigenvalue weighted by atomic mass is 32.1. The quantitative estimate of drug-likeness (QED) is 0.693. The van der Waals surface area contributed by atoms with Gasteiger partial charge >= 0.3 is 5.97 Å². The van der Waals surface area contributed by atoms with Gasteiger partial charge in [0.2, 0.25) is 0 Å². The first-order chi connectivity index (χ1) is 10.1. The molecule has 0 saturated heterocycles. The van der Waals surface area contributed by atoms with E-state index in [0.717, 1.165) is 11.3 Å². The highest BCUT2D eigenvalue weighted by Crippen LogP contribution is 2.12. The predicted molar refractivity (Wildman–Crippen MR) is 81.9 cm³/mol. The van der Waals surface area contributed by atoms with Gasteiger partial charge in [0, 0.05) is 17.1 Å². The second-order valence-corrected chi connectivity index (χ2v) is 6.17. The Morgan fingerprint density at radius 1 is 1.43 bits per heavy atom. The molecule has 0 spiro atoms. The van der Waals surface area contributed by atoms with Crippen LogP contribution in [0.5, 0.6) is 0 Å². The molecule has 0 atom stereocenters. The summed E-state index contributed by atoms with van der Waals surface area (Å²) in [6.07, 6.45) is 0.239. The number of hydrogen-bond acceptors (Lipinski definition) is 6. The van der Waals surface area contributed by atoms with Crippen molar-refractivity contribution in [3.8, 4) is 0 Å². The van der Waals surface area contributed by atoms with E-state index in [4.69, 9.17) is 4.74 Å². The molecular formula is C14H12N2O3S2. The second kappa shape index (κ2) is 5.79. The first kappa shape index (κ1) is 14.0. The molecule has 5 nitrogen and oxygen atoms in total. The molecule has 0 fully saturated rings. The number of nitrogens with zero attached hydrogens (tertiary/aromatic N) is 2. The van der Waals surface area contributed by atoms with Crippen molar-refractivity contribution in [2.24, 2.45) is 0 Å². The molecule has 3 heterocycles. The molecule has 0 radical (unpaired) electrons. The number of esters is 1. The summed E-state index contributed by atoms with van der Waals surface area (Å²) in [5.41, 5.74) is 2.11. The lowest BCUT2D eigenvalue weighted by Crippen LogP contribution is -2.16. The SMILES string of the molecule is Cc1csc2nc(COC(=O)Cc3ccsc3)cc(=O)n12. The van der Waals surface area contributed by atoms with Crippen molar-refractivity contribution in [1.29, 1.82) is 0 Å². The van der Waals surface area contributed by atoms with Crippen LogP contribution >= 0.6 is 22.7 Å². The minimum atomic E-state index is -0.322. The van der Waals surface area contributed by atoms with E-state index in [1.807, 2.05) is 29.1 Å². The average molecular weight is 320 g/mol. The maximum absolute atomic E-state index is 12.0. The lowest BCUT2D eigenvalue weighted by Gasteiger charge is -2.04. The lowest BCUT2D eigenvalue weighted by molar-refractivity contribution is -0.144. The van der Waals surface area contributed by atoms with E-state index in [2.05, 4.69) is 4.98 Å². The molecule has 3 aromatic rings. The number of thiophene rings is 1. The van der Waals surface area contributed by atoms with Crippen LogP contribution in [0.2, 0.25) is 0 Å². The van der Waals surface area contributed by atoms with Crippen LogP contribution in [-0.4, -0.2) is 15.4 Å². The standard InChI is InChI=1S/C14H12N2O3S2/c1-9-7-21-14-15-11(5-12(17)16(9)14)6-19-13(18)4-10-2-3-20-8-10/h2-3,5,7-8H,4,6H2,1H3. The number of ether oxygens (including phenoxy) is 1. The molecule has 0 aliphatic rings. The van der Waals surface area contributed by atoms with Gasteiger partial charge in [-0.1, -0.05) is 0 Å². The summed E-state index contributed by atoms with van der Waals surface area (Å²) in [6.45, 7) is 1.87. The van der Waals surface area contributed by atoms with Gasteiger partial charge in [0.25, 0.3) is 5.56 Å². The Kier molecular flexibility index (Phi) is 3.85. The zero-order valence-electron chi connectivity index (χ0n) is 11.2. The first-order valence-corrected chi connectivity index (χ1v) is 8.09. The molecule has 0 bridgehead atoms. The molecule has 0 aliphatic heterocycles. The first-order valence-electron chi connectivity index (χ1n) is 6.27. The number of carbonyl (C=O) groups excluding carboxylic acids is 1. The number of thiazole rings is 1. The summed E-state index contributed by atoms with van der Waals surface area (Å²) in [4.78, 5) is 28.6. The summed E-state index contributed by atoms with van der Waals surface area (Å²) in [7, 11) is 0. The van der Waals surface area contributed by atoms with Crippen LogP contribution in [0.1, 0.15) is 17.0 Å². The Bertz CT molecular complexity index is 834. The minimum absolute atomic E-state index is 0.0195. The topological polar surface area (TPSA) is 60.7 Å². The van der Waals surface area contributed by atoms with E-state index in [9.17, 15) is 9.59 Å². The van der Waals surface area contributed by atoms with Crippen molar-refractivity contribution in [1.82, 2.24) is 9.38 Å². The van der Waals surface area contributed by atoms with Crippen molar-refractivity contribution >= 4 is 33.6 Å². The summed E-state index contributed by atoms with van der Waals surface area (Å²) < 4.78 is 6.71. The summed E-state index contributed by atoms with van der Waals surface area (Å²) >= 11 is 2.93. The number of hydrogen-bond donors (Lipinski definition) is 0. The summed E-state index contributed by atoms with van der Waals surface area (Å²) in [5.74, 6) is -0.322. The van der Waals surface area contributed by atoms with Crippen LogP contribution in [0.3, 0.4) is 0 Å². The Morgan fingerprint density at radius 3 is 3.05 bits per heavy atom. The van der Waals surface area contributed by atoms with E-state index in [0.29, 0.717) is 10.7 Å². The van der Waals surface area contributed by atoms with Gasteiger partial charge in [0.1, 0.15) is 6.61 Å². The maximum Gasteiger partial charge on any atom is 0.310 e. The highest BCUT2D eigenvalue weighted by Gasteiger charge is 2.09. The third kappa shape index (κ3) is 3.03. The van der Waals surface area contributed by atoms with Crippen LogP contribution in [0.4, 0.5) is 0 Å². The molecule has 7 heteroatoms. The van der Waals surface area contributed by atoms with Gasteiger partial charge in [0.15, 0.2) is 4.96 Å². The molecule has 0 unspecified atom stereocenters. The van der Waals surface area contributed by atoms with Crippen molar-refractivity contribution < 1.29 is 9.53 Å². The number of carbonyl (C=O) groups is 1. The van der Waals surface area contributed by atoms with Crippen LogP contribution < -0.4 is 5.56 Å². The second-order valence-electron chi connectivity index (χ2n) is 4.55. The van der Waals surface area contributed by atoms with E-state index < -0.39 is 0 Å². The minimum Gasteiger partial charge on any atom is -0.459 e. The Hall–Kier alpha value is -1.99. The van der Waals surface area contributed by atoms with Crippen molar-refractivity contribution in [2.75, 3.05) is 0 Å². The van der Waals surface area contributed by atoms with E-state index in [1.54, 1.807) is 4.40 Å². The molecule has 0 aromatic carbocycles. The number of aromatic nitrogens is 2. The van der Waals surface area contributed by atoms with Gasteiger partial charge in [-0.2, -0.15) is 11.3 Å². The predicted octanol–water partition coefficient (Wildman–Crippen LogP) is 2.41. The third-order valence-corrected chi connectivity index (χ3v) is 4.61. The van der Waals surface area contributed by atoms with E-state index in [1.165, 1.54) is 28.7 Å². The smallest absolute Gasteiger partial charge is 0.310 e. The monoisotopic (exact) mass is 320 g/mol. The maximum atomic E-state index is 12.0. The van der Waals surface area contributed by atoms with Crippen LogP contribution in [0, 0.1) is 6.92 Å². The van der Waals surface area contributed by atoms with Gasteiger partial charge in [0.05, 0.1) is 12.1 Å². The third-order valence-electron chi connectivity index (χ3n) is 2.94. The fourth-order valence-corrected chi connectivity index (χ4v) is 3.50. The summed E-state index contributed by atoms with van der Waals surface area (Å²) in [5, 5.41) is 5.70. The van der Waals surface area contributed by atoms with Crippen molar-refractivity contribution in [3.05, 3.63) is 55.6 Å². The van der Waals surface area contributed by atoms with Gasteiger partial charge in [-0.3, -0.25) is 14.0 Å². The Labute approximate surface area is 128 Å². The summed E-state index contributed by atoms with van der Waals surface area (Å²) in [6, 6.07) is 3.29. The van der Waals surface area contributed by atoms with Crippen molar-refractivity contribution in [3.63, 3.8) is 0 Å². The van der Waals surface area contributed by atoms with Crippen molar-refractivity contribution in [2.45, 2.75) is 20.0 Å². The van der Waals surface area contributed by atoms with Gasteiger partial charge in [-0.15, -0.1) is 11.3 Å². The molecular weight excluding hydrogens is 308 g/mol. The Morgan fingerprint density at radius 2 is 2.29 bits per heavy atom. The molecule has 0 N–H and O–H groups in total. The normalized spacial score (nSPS) is 10.9. The van der Waals surface area contributed by atoms with Crippen LogP contribution in [0.25, 0.3) is 4.96 Å². The van der Waals surface area contributed by atoms with E-state index in [-0.39, 0.29) is 24.6 Å². The lowest BCUT2D eigenvalue weighted by atomic mass is 10.2. The average Bonchev–Trinajstić information content (AvgIpc) is 3.07. The van der Waals surface area contributed by atoms with Crippen LogP contribution in [-0.2, 0) is 22.6 Å². The van der Waals surface area contributed by atoms with E-state index >= 15 is 0 Å². The molecule has 3 aromatic heterocycles. The number of fused-ring (bicyclic) bond motifs is 1. The fourth-order valence-electron chi connectivity index (χ4n) is 1.94. The van der Waals surface area contributed by atoms with Gasteiger partial charge in [-0.05, 0) is 29.3 Å². The fraction of sp³-hybridized carbons (Fsp3) is 0.214. The highest BCUT2D eigenvalue weighted by molar-refractivity contribution is 7.15. The molecule has 0 amide bonds. The zero-order chi connectivity index (χ0) is 14.8. The zero-order valence-corrected chi connectivity index (χ0v) is 12.9. The number of rotatable bonds is 4. The number of aryl methyl sites for hydroxylation is 1. The van der Waals surface area contributed by atoms with Crippen LogP contribution in [0.15, 0.2) is 33.1 Å². The largest absolute Gasteiger partial charge is 0.459 e. The Balaban J connectivity index is 1.70. The van der Waals surface area contributed by atoms with Gasteiger partial charge < -0.3 is 4.74 Å². The molecule has 108 valence electrons. The molecule has 21 heavy (non-hydrogen) atoms.